The molecule has 2 aromatic rings. The Kier molecular flexibility index (Phi) is 4.49. The molecule has 3 heterocycles. The van der Waals surface area contributed by atoms with E-state index in [0.717, 1.165) is 5.69 Å². The smallest absolute Gasteiger partial charge is 0.343 e. The third-order valence-electron chi connectivity index (χ3n) is 3.49. The normalized spacial score (nSPS) is 18.3. The standard InChI is InChI=1S/C16H20N2O5/c1-10(2)23-13-6-15-17-12(14-9-21-4-5-22-14)8-18(15)7-11(13)16(19)20-3/h6-8,10,14H,4-5,9H2,1-3H3. The molecule has 0 aliphatic carbocycles. The Morgan fingerprint density at radius 2 is 2.22 bits per heavy atom. The Bertz CT molecular complexity index is 704. The maximum absolute atomic E-state index is 12.0. The van der Waals surface area contributed by atoms with Crippen molar-refractivity contribution in [3.8, 4) is 5.75 Å². The molecule has 1 fully saturated rings. The minimum Gasteiger partial charge on any atom is -0.490 e. The molecule has 2 aromatic heterocycles. The number of fused-ring (bicyclic) bond motifs is 1. The second-order valence-corrected chi connectivity index (χ2v) is 5.58. The van der Waals surface area contributed by atoms with Crippen LogP contribution in [0.2, 0.25) is 0 Å². The van der Waals surface area contributed by atoms with Crippen molar-refractivity contribution in [2.24, 2.45) is 0 Å². The number of imidazole rings is 1. The molecule has 0 aromatic carbocycles. The molecule has 0 bridgehead atoms. The molecule has 7 heteroatoms. The maximum Gasteiger partial charge on any atom is 0.343 e. The van der Waals surface area contributed by atoms with Crippen LogP contribution in [0.15, 0.2) is 18.5 Å². The third-order valence-corrected chi connectivity index (χ3v) is 3.49. The lowest BCUT2D eigenvalue weighted by atomic mass is 10.2. The van der Waals surface area contributed by atoms with Gasteiger partial charge in [-0.05, 0) is 13.8 Å². The van der Waals surface area contributed by atoms with Gasteiger partial charge in [-0.3, -0.25) is 0 Å². The average Bonchev–Trinajstić information content (AvgIpc) is 2.96. The number of nitrogens with zero attached hydrogens (tertiary/aromatic N) is 2. The summed E-state index contributed by atoms with van der Waals surface area (Å²) in [5, 5.41) is 0. The monoisotopic (exact) mass is 320 g/mol. The van der Waals surface area contributed by atoms with Gasteiger partial charge in [0.05, 0.1) is 38.7 Å². The van der Waals surface area contributed by atoms with Gasteiger partial charge in [0.2, 0.25) is 0 Å². The summed E-state index contributed by atoms with van der Waals surface area (Å²) in [4.78, 5) is 16.5. The van der Waals surface area contributed by atoms with Crippen molar-refractivity contribution in [2.75, 3.05) is 26.9 Å². The highest BCUT2D eigenvalue weighted by Gasteiger charge is 2.22. The largest absolute Gasteiger partial charge is 0.490 e. The summed E-state index contributed by atoms with van der Waals surface area (Å²) >= 11 is 0. The van der Waals surface area contributed by atoms with Gasteiger partial charge >= 0.3 is 5.97 Å². The molecule has 1 atom stereocenters. The Labute approximate surface area is 134 Å². The van der Waals surface area contributed by atoms with E-state index in [1.807, 2.05) is 20.0 Å². The number of carbonyl (C=O) groups is 1. The predicted molar refractivity (Wildman–Crippen MR) is 81.8 cm³/mol. The maximum atomic E-state index is 12.0. The molecule has 124 valence electrons. The van der Waals surface area contributed by atoms with E-state index in [9.17, 15) is 4.79 Å². The van der Waals surface area contributed by atoms with Gasteiger partial charge in [-0.25, -0.2) is 9.78 Å². The van der Waals surface area contributed by atoms with E-state index in [4.69, 9.17) is 18.9 Å². The fourth-order valence-corrected chi connectivity index (χ4v) is 2.46. The van der Waals surface area contributed by atoms with Crippen LogP contribution >= 0.6 is 0 Å². The van der Waals surface area contributed by atoms with Gasteiger partial charge in [0, 0.05) is 18.5 Å². The summed E-state index contributed by atoms with van der Waals surface area (Å²) in [5.74, 6) is 0.00682. The molecule has 0 amide bonds. The van der Waals surface area contributed by atoms with Crippen molar-refractivity contribution in [1.29, 1.82) is 0 Å². The first-order valence-electron chi connectivity index (χ1n) is 7.55. The van der Waals surface area contributed by atoms with Gasteiger partial charge < -0.3 is 23.3 Å². The Morgan fingerprint density at radius 1 is 1.39 bits per heavy atom. The molecule has 0 spiro atoms. The van der Waals surface area contributed by atoms with Crippen LogP contribution < -0.4 is 4.74 Å². The molecule has 0 N–H and O–H groups in total. The topological polar surface area (TPSA) is 71.3 Å². The molecule has 1 saturated heterocycles. The van der Waals surface area contributed by atoms with E-state index in [1.165, 1.54) is 7.11 Å². The third kappa shape index (κ3) is 3.30. The number of hydrogen-bond acceptors (Lipinski definition) is 6. The van der Waals surface area contributed by atoms with Crippen LogP contribution in [0.3, 0.4) is 0 Å². The lowest BCUT2D eigenvalue weighted by molar-refractivity contribution is -0.0916. The summed E-state index contributed by atoms with van der Waals surface area (Å²) in [5.41, 5.74) is 1.80. The zero-order chi connectivity index (χ0) is 16.4. The van der Waals surface area contributed by atoms with E-state index in [0.29, 0.717) is 36.8 Å². The molecule has 23 heavy (non-hydrogen) atoms. The van der Waals surface area contributed by atoms with Crippen molar-refractivity contribution in [1.82, 2.24) is 9.38 Å². The Morgan fingerprint density at radius 3 is 2.87 bits per heavy atom. The quantitative estimate of drug-likeness (QED) is 0.802. The summed E-state index contributed by atoms with van der Waals surface area (Å²) in [6, 6.07) is 1.74. The lowest BCUT2D eigenvalue weighted by Gasteiger charge is -2.20. The second kappa shape index (κ2) is 6.55. The van der Waals surface area contributed by atoms with E-state index in [1.54, 1.807) is 16.7 Å². The number of pyridine rings is 1. The number of rotatable bonds is 4. The van der Waals surface area contributed by atoms with E-state index >= 15 is 0 Å². The first-order chi connectivity index (χ1) is 11.1. The van der Waals surface area contributed by atoms with Crippen molar-refractivity contribution < 1.29 is 23.7 Å². The highest BCUT2D eigenvalue weighted by molar-refractivity contribution is 5.92. The fourth-order valence-electron chi connectivity index (χ4n) is 2.46. The van der Waals surface area contributed by atoms with Crippen LogP contribution in [0.4, 0.5) is 0 Å². The molecular formula is C16H20N2O5. The number of esters is 1. The van der Waals surface area contributed by atoms with Crippen LogP contribution in [0, 0.1) is 0 Å². The van der Waals surface area contributed by atoms with Crippen LogP contribution in [-0.4, -0.2) is 48.4 Å². The summed E-state index contributed by atoms with van der Waals surface area (Å²) in [6.07, 6.45) is 3.24. The van der Waals surface area contributed by atoms with Gasteiger partial charge in [-0.2, -0.15) is 0 Å². The highest BCUT2D eigenvalue weighted by Crippen LogP contribution is 2.26. The Hall–Kier alpha value is -2.12. The predicted octanol–water partition coefficient (Wildman–Crippen LogP) is 2.00. The van der Waals surface area contributed by atoms with Gasteiger partial charge in [0.15, 0.2) is 0 Å². The van der Waals surface area contributed by atoms with E-state index < -0.39 is 5.97 Å². The Balaban J connectivity index is 2.01. The molecule has 1 aliphatic rings. The van der Waals surface area contributed by atoms with Crippen LogP contribution in [0.1, 0.15) is 36.0 Å². The minimum absolute atomic E-state index is 0.0645. The first kappa shape index (κ1) is 15.8. The molecular weight excluding hydrogens is 300 g/mol. The highest BCUT2D eigenvalue weighted by atomic mass is 16.6. The van der Waals surface area contributed by atoms with Crippen molar-refractivity contribution in [3.63, 3.8) is 0 Å². The minimum atomic E-state index is -0.449. The number of aromatic nitrogens is 2. The zero-order valence-electron chi connectivity index (χ0n) is 13.4. The van der Waals surface area contributed by atoms with E-state index in [2.05, 4.69) is 4.98 Å². The summed E-state index contributed by atoms with van der Waals surface area (Å²) < 4.78 is 23.4. The SMILES string of the molecule is COC(=O)c1cn2cc(C3COCCO3)nc2cc1OC(C)C. The van der Waals surface area contributed by atoms with E-state index in [-0.39, 0.29) is 12.2 Å². The van der Waals surface area contributed by atoms with Crippen LogP contribution in [-0.2, 0) is 14.2 Å². The summed E-state index contributed by atoms with van der Waals surface area (Å²) in [6.45, 7) is 5.42. The van der Waals surface area contributed by atoms with Crippen LogP contribution in [0.5, 0.6) is 5.75 Å². The molecule has 1 aliphatic heterocycles. The molecule has 0 radical (unpaired) electrons. The number of methoxy groups -OCH3 is 1. The van der Waals surface area contributed by atoms with Crippen molar-refractivity contribution in [3.05, 3.63) is 29.7 Å². The first-order valence-corrected chi connectivity index (χ1v) is 7.55. The number of hydrogen-bond donors (Lipinski definition) is 0. The molecule has 7 nitrogen and oxygen atoms in total. The lowest BCUT2D eigenvalue weighted by Crippen LogP contribution is -2.22. The molecule has 1 unspecified atom stereocenters. The van der Waals surface area contributed by atoms with Gasteiger partial charge in [-0.15, -0.1) is 0 Å². The second-order valence-electron chi connectivity index (χ2n) is 5.58. The van der Waals surface area contributed by atoms with Gasteiger partial charge in [0.25, 0.3) is 0 Å². The number of ether oxygens (including phenoxy) is 4. The van der Waals surface area contributed by atoms with Crippen molar-refractivity contribution >= 4 is 11.6 Å². The number of carbonyl (C=O) groups excluding carboxylic acids is 1. The average molecular weight is 320 g/mol. The molecule has 0 saturated carbocycles. The summed E-state index contributed by atoms with van der Waals surface area (Å²) in [7, 11) is 1.35. The molecule has 3 rings (SSSR count). The fraction of sp³-hybridized carbons (Fsp3) is 0.500. The van der Waals surface area contributed by atoms with Crippen molar-refractivity contribution in [2.45, 2.75) is 26.1 Å². The zero-order valence-corrected chi connectivity index (χ0v) is 13.4. The van der Waals surface area contributed by atoms with Gasteiger partial charge in [-0.1, -0.05) is 0 Å². The van der Waals surface area contributed by atoms with Crippen LogP contribution in [0.25, 0.3) is 5.65 Å². The van der Waals surface area contributed by atoms with Gasteiger partial charge in [0.1, 0.15) is 23.1 Å².